The molecule has 0 saturated carbocycles. The standard InChI is InChI=1S/C19H23NO10S2/c1-10(21)26-9-14-16(27-11(2)22)17(28-12(3)23)18(29-13(4)24)19(30-14)32-31-15-7-5-6-8-20(15)25/h5-8,14,16-19H,9H2,1-4H3/t14-,16-,17+,18-,19+/m1/s1. The van der Waals surface area contributed by atoms with E-state index in [2.05, 4.69) is 0 Å². The van der Waals surface area contributed by atoms with Crippen LogP contribution in [0.15, 0.2) is 29.4 Å². The minimum Gasteiger partial charge on any atom is -0.618 e. The minimum absolute atomic E-state index is 0.313. The van der Waals surface area contributed by atoms with Gasteiger partial charge in [0.25, 0.3) is 5.03 Å². The predicted molar refractivity (Wildman–Crippen MR) is 111 cm³/mol. The smallest absolute Gasteiger partial charge is 0.303 e. The molecule has 1 aliphatic rings. The Morgan fingerprint density at radius 1 is 0.938 bits per heavy atom. The van der Waals surface area contributed by atoms with E-state index >= 15 is 0 Å². The first kappa shape index (κ1) is 25.7. The van der Waals surface area contributed by atoms with Gasteiger partial charge in [0, 0.05) is 50.6 Å². The van der Waals surface area contributed by atoms with Gasteiger partial charge in [0.15, 0.2) is 29.9 Å². The van der Waals surface area contributed by atoms with Crippen LogP contribution in [0.4, 0.5) is 0 Å². The summed E-state index contributed by atoms with van der Waals surface area (Å²) in [4.78, 5) is 46.6. The molecule has 0 amide bonds. The first-order chi connectivity index (χ1) is 15.1. The number of carbonyl (C=O) groups excluding carboxylic acids is 4. The highest BCUT2D eigenvalue weighted by molar-refractivity contribution is 8.76. The fraction of sp³-hybridized carbons (Fsp3) is 0.526. The third kappa shape index (κ3) is 7.57. The number of pyridine rings is 1. The second-order valence-corrected chi connectivity index (χ2v) is 8.93. The van der Waals surface area contributed by atoms with Crippen LogP contribution in [0, 0.1) is 5.21 Å². The molecule has 0 unspecified atom stereocenters. The second-order valence-electron chi connectivity index (χ2n) is 6.61. The van der Waals surface area contributed by atoms with Gasteiger partial charge in [-0.1, -0.05) is 0 Å². The van der Waals surface area contributed by atoms with Gasteiger partial charge in [-0.25, -0.2) is 0 Å². The molecule has 0 N–H and O–H groups in total. The molecule has 0 aromatic carbocycles. The molecule has 11 nitrogen and oxygen atoms in total. The molecule has 1 aliphatic heterocycles. The Morgan fingerprint density at radius 3 is 2.09 bits per heavy atom. The average molecular weight is 490 g/mol. The molecule has 1 aromatic rings. The molecule has 0 bridgehead atoms. The van der Waals surface area contributed by atoms with Crippen molar-refractivity contribution < 1.29 is 47.6 Å². The molecular formula is C19H23NO10S2. The highest BCUT2D eigenvalue weighted by Gasteiger charge is 2.52. The van der Waals surface area contributed by atoms with Crippen molar-refractivity contribution in [3.05, 3.63) is 29.6 Å². The lowest BCUT2D eigenvalue weighted by Crippen LogP contribution is -2.61. The molecule has 2 heterocycles. The van der Waals surface area contributed by atoms with Gasteiger partial charge in [-0.05, 0) is 16.9 Å². The zero-order valence-corrected chi connectivity index (χ0v) is 19.4. The van der Waals surface area contributed by atoms with Gasteiger partial charge < -0.3 is 28.9 Å². The van der Waals surface area contributed by atoms with E-state index < -0.39 is 53.7 Å². The maximum absolute atomic E-state index is 11.9. The molecule has 32 heavy (non-hydrogen) atoms. The maximum Gasteiger partial charge on any atom is 0.303 e. The number of rotatable bonds is 8. The van der Waals surface area contributed by atoms with E-state index in [1.807, 2.05) is 0 Å². The molecular weight excluding hydrogens is 466 g/mol. The lowest BCUT2D eigenvalue weighted by Gasteiger charge is -2.43. The van der Waals surface area contributed by atoms with E-state index in [-0.39, 0.29) is 6.61 Å². The summed E-state index contributed by atoms with van der Waals surface area (Å²) in [6.07, 6.45) is -3.37. The summed E-state index contributed by atoms with van der Waals surface area (Å²) in [6.45, 7) is 4.33. The predicted octanol–water partition coefficient (Wildman–Crippen LogP) is 1.14. The number of ether oxygens (including phenoxy) is 5. The topological polar surface area (TPSA) is 141 Å². The molecule has 0 aliphatic carbocycles. The summed E-state index contributed by atoms with van der Waals surface area (Å²) >= 11 is 0. The van der Waals surface area contributed by atoms with Gasteiger partial charge in [0.1, 0.15) is 12.7 Å². The molecule has 2 rings (SSSR count). The van der Waals surface area contributed by atoms with Crippen molar-refractivity contribution in [1.29, 1.82) is 0 Å². The molecule has 0 spiro atoms. The minimum atomic E-state index is -1.25. The lowest BCUT2D eigenvalue weighted by atomic mass is 9.99. The third-order valence-corrected chi connectivity index (χ3v) is 6.49. The van der Waals surface area contributed by atoms with Crippen LogP contribution in [0.3, 0.4) is 0 Å². The summed E-state index contributed by atoms with van der Waals surface area (Å²) in [5, 5.41) is 12.3. The zero-order valence-electron chi connectivity index (χ0n) is 17.7. The van der Waals surface area contributed by atoms with Crippen LogP contribution in [0.25, 0.3) is 0 Å². The van der Waals surface area contributed by atoms with E-state index in [9.17, 15) is 24.4 Å². The highest BCUT2D eigenvalue weighted by Crippen LogP contribution is 2.41. The number of carbonyl (C=O) groups is 4. The van der Waals surface area contributed by atoms with Crippen LogP contribution in [0.2, 0.25) is 0 Å². The van der Waals surface area contributed by atoms with Crippen LogP contribution in [0.5, 0.6) is 0 Å². The number of nitrogens with zero attached hydrogens (tertiary/aromatic N) is 1. The molecule has 176 valence electrons. The Balaban J connectivity index is 2.37. The molecule has 1 fully saturated rings. The van der Waals surface area contributed by atoms with Gasteiger partial charge >= 0.3 is 23.9 Å². The Labute approximate surface area is 192 Å². The molecule has 0 radical (unpaired) electrons. The van der Waals surface area contributed by atoms with Crippen molar-refractivity contribution in [2.45, 2.75) is 62.6 Å². The second kappa shape index (κ2) is 11.9. The van der Waals surface area contributed by atoms with Crippen molar-refractivity contribution in [3.63, 3.8) is 0 Å². The normalized spacial score (nSPS) is 24.8. The van der Waals surface area contributed by atoms with Crippen LogP contribution in [0.1, 0.15) is 27.7 Å². The number of hydrogen-bond acceptors (Lipinski definition) is 12. The van der Waals surface area contributed by atoms with Crippen LogP contribution in [-0.4, -0.2) is 60.3 Å². The molecule has 1 aromatic heterocycles. The van der Waals surface area contributed by atoms with Crippen molar-refractivity contribution in [1.82, 2.24) is 0 Å². The van der Waals surface area contributed by atoms with Gasteiger partial charge in [-0.2, -0.15) is 4.73 Å². The van der Waals surface area contributed by atoms with E-state index in [0.717, 1.165) is 42.4 Å². The first-order valence-electron chi connectivity index (χ1n) is 9.40. The van der Waals surface area contributed by atoms with Crippen molar-refractivity contribution in [2.24, 2.45) is 0 Å². The zero-order chi connectivity index (χ0) is 23.8. The van der Waals surface area contributed by atoms with Gasteiger partial charge in [-0.15, -0.1) is 0 Å². The van der Waals surface area contributed by atoms with Gasteiger partial charge in [-0.3, -0.25) is 19.2 Å². The van der Waals surface area contributed by atoms with E-state index in [4.69, 9.17) is 23.7 Å². The van der Waals surface area contributed by atoms with Gasteiger partial charge in [0.05, 0.1) is 0 Å². The SMILES string of the molecule is CC(=O)OC[C@H]1O[C@@H](SSc2cccc[n+]2[O-])[C@H](OC(C)=O)[C@@H](OC(C)=O)[C@@H]1OC(C)=O. The molecule has 1 saturated heterocycles. The third-order valence-electron chi connectivity index (χ3n) is 3.97. The average Bonchev–Trinajstić information content (AvgIpc) is 2.68. The van der Waals surface area contributed by atoms with E-state index in [1.165, 1.54) is 13.1 Å². The number of esters is 4. The fourth-order valence-electron chi connectivity index (χ4n) is 2.84. The quantitative estimate of drug-likeness (QED) is 0.170. The monoisotopic (exact) mass is 489 g/mol. The highest BCUT2D eigenvalue weighted by atomic mass is 33.1. The lowest BCUT2D eigenvalue weighted by molar-refractivity contribution is -0.645. The summed E-state index contributed by atoms with van der Waals surface area (Å²) in [6, 6.07) is 4.82. The van der Waals surface area contributed by atoms with Crippen LogP contribution < -0.4 is 4.73 Å². The fourth-order valence-corrected chi connectivity index (χ4v) is 5.24. The summed E-state index contributed by atoms with van der Waals surface area (Å²) < 4.78 is 27.6. The number of aromatic nitrogens is 1. The Hall–Kier alpha value is -2.51. The van der Waals surface area contributed by atoms with Crippen LogP contribution >= 0.6 is 21.6 Å². The van der Waals surface area contributed by atoms with Crippen molar-refractivity contribution in [3.8, 4) is 0 Å². The largest absolute Gasteiger partial charge is 0.618 e. The molecule has 13 heteroatoms. The van der Waals surface area contributed by atoms with Crippen LogP contribution in [-0.2, 0) is 42.9 Å². The van der Waals surface area contributed by atoms with Crippen molar-refractivity contribution >= 4 is 45.5 Å². The first-order valence-corrected chi connectivity index (χ1v) is 11.6. The summed E-state index contributed by atoms with van der Waals surface area (Å²) in [7, 11) is 2.07. The van der Waals surface area contributed by atoms with E-state index in [1.54, 1.807) is 18.2 Å². The van der Waals surface area contributed by atoms with Crippen molar-refractivity contribution in [2.75, 3.05) is 6.61 Å². The molecule has 5 atom stereocenters. The Bertz CT molecular complexity index is 851. The maximum atomic E-state index is 11.9. The Kier molecular flexibility index (Phi) is 9.60. The van der Waals surface area contributed by atoms with Gasteiger partial charge in [0.2, 0.25) is 0 Å². The summed E-state index contributed by atoms with van der Waals surface area (Å²) in [5.74, 6) is -2.71. The number of hydrogen-bond donors (Lipinski definition) is 0. The van der Waals surface area contributed by atoms with E-state index in [0.29, 0.717) is 9.76 Å². The Morgan fingerprint density at radius 2 is 1.53 bits per heavy atom. The summed E-state index contributed by atoms with van der Waals surface area (Å²) in [5.41, 5.74) is -0.971.